The minimum absolute atomic E-state index is 0.657. The molecule has 0 bridgehead atoms. The van der Waals surface area contributed by atoms with E-state index in [1.54, 1.807) is 0 Å². The lowest BCUT2D eigenvalue weighted by Crippen LogP contribution is -1.75. The van der Waals surface area contributed by atoms with Gasteiger partial charge in [0.1, 0.15) is 0 Å². The van der Waals surface area contributed by atoms with Gasteiger partial charge in [0.25, 0.3) is 0 Å². The molecule has 1 rings (SSSR count). The van der Waals surface area contributed by atoms with Gasteiger partial charge in [-0.25, -0.2) is 0 Å². The second kappa shape index (κ2) is 3.12. The molecule has 0 saturated carbocycles. The van der Waals surface area contributed by atoms with E-state index in [0.29, 0.717) is 10.0 Å². The molecule has 10 heavy (non-hydrogen) atoms. The first-order chi connectivity index (χ1) is 4.61. The Labute approximate surface area is 78.3 Å². The highest BCUT2D eigenvalue weighted by Gasteiger charge is 2.01. The molecule has 0 nitrogen and oxygen atoms in total. The van der Waals surface area contributed by atoms with Crippen LogP contribution in [0.1, 0.15) is 5.56 Å². The molecule has 1 aromatic carbocycles. The van der Waals surface area contributed by atoms with Gasteiger partial charge in [-0.15, -0.1) is 0 Å². The van der Waals surface area contributed by atoms with E-state index in [1.807, 2.05) is 19.1 Å². The van der Waals surface area contributed by atoms with Crippen molar-refractivity contribution in [1.82, 2.24) is 0 Å². The predicted octanol–water partition coefficient (Wildman–Crippen LogP) is 4.06. The summed E-state index contributed by atoms with van der Waals surface area (Å²) in [6, 6.07) is 3.72. The van der Waals surface area contributed by atoms with Crippen molar-refractivity contribution < 1.29 is 0 Å². The van der Waals surface area contributed by atoms with E-state index < -0.39 is 0 Å². The Hall–Kier alpha value is 0.280. The highest BCUT2D eigenvalue weighted by atomic mass is 79.9. The van der Waals surface area contributed by atoms with Crippen LogP contribution in [0.5, 0.6) is 0 Å². The van der Waals surface area contributed by atoms with Crippen LogP contribution in [0.3, 0.4) is 0 Å². The average molecular weight is 240 g/mol. The lowest BCUT2D eigenvalue weighted by Gasteiger charge is -1.99. The number of hydrogen-bond donors (Lipinski definition) is 0. The van der Waals surface area contributed by atoms with E-state index in [2.05, 4.69) is 15.9 Å². The van der Waals surface area contributed by atoms with E-state index in [9.17, 15) is 0 Å². The van der Waals surface area contributed by atoms with Crippen molar-refractivity contribution in [3.63, 3.8) is 0 Å². The molecule has 0 spiro atoms. The van der Waals surface area contributed by atoms with Gasteiger partial charge in [0, 0.05) is 0 Å². The minimum Gasteiger partial charge on any atom is -0.0830 e. The second-order valence-corrected chi connectivity index (χ2v) is 3.65. The Morgan fingerprint density at radius 2 is 1.60 bits per heavy atom. The second-order valence-electron chi connectivity index (χ2n) is 2.04. The molecule has 0 saturated heterocycles. The number of hydrogen-bond acceptors (Lipinski definition) is 0. The molecule has 1 aromatic rings. The molecular weight excluding hydrogens is 235 g/mol. The van der Waals surface area contributed by atoms with Gasteiger partial charge in [-0.2, -0.15) is 0 Å². The maximum Gasteiger partial charge on any atom is 0.0565 e. The number of halogens is 3. The molecule has 0 atom stereocenters. The molecule has 3 heteroatoms. The van der Waals surface area contributed by atoms with Crippen LogP contribution in [0.2, 0.25) is 10.0 Å². The van der Waals surface area contributed by atoms with Crippen molar-refractivity contribution in [3.05, 3.63) is 32.2 Å². The van der Waals surface area contributed by atoms with Gasteiger partial charge in [0.2, 0.25) is 0 Å². The third kappa shape index (κ3) is 1.66. The van der Waals surface area contributed by atoms with Gasteiger partial charge >= 0.3 is 0 Å². The van der Waals surface area contributed by atoms with Crippen LogP contribution in [-0.2, 0) is 0 Å². The third-order valence-electron chi connectivity index (χ3n) is 1.13. The van der Waals surface area contributed by atoms with Gasteiger partial charge in [-0.3, -0.25) is 0 Å². The highest BCUT2D eigenvalue weighted by molar-refractivity contribution is 9.10. The van der Waals surface area contributed by atoms with Crippen LogP contribution < -0.4 is 0 Å². The number of rotatable bonds is 0. The first-order valence-corrected chi connectivity index (χ1v) is 4.27. The SMILES string of the molecule is Cc1cc(Cl)c(Br)c(Cl)c1. The summed E-state index contributed by atoms with van der Waals surface area (Å²) in [6.45, 7) is 1.95. The van der Waals surface area contributed by atoms with Crippen molar-refractivity contribution in [1.29, 1.82) is 0 Å². The van der Waals surface area contributed by atoms with Gasteiger partial charge in [-0.05, 0) is 40.5 Å². The largest absolute Gasteiger partial charge is 0.0830 e. The van der Waals surface area contributed by atoms with Gasteiger partial charge in [-0.1, -0.05) is 23.2 Å². The Morgan fingerprint density at radius 1 is 1.20 bits per heavy atom. The average Bonchev–Trinajstić information content (AvgIpc) is 1.82. The minimum atomic E-state index is 0.657. The zero-order chi connectivity index (χ0) is 7.72. The molecule has 0 aliphatic heterocycles. The van der Waals surface area contributed by atoms with Gasteiger partial charge < -0.3 is 0 Å². The summed E-state index contributed by atoms with van der Waals surface area (Å²) in [6.07, 6.45) is 0. The van der Waals surface area contributed by atoms with E-state index in [1.165, 1.54) is 0 Å². The van der Waals surface area contributed by atoms with E-state index in [4.69, 9.17) is 23.2 Å². The van der Waals surface area contributed by atoms with Gasteiger partial charge in [0.05, 0.1) is 14.5 Å². The molecule has 0 fully saturated rings. The molecule has 0 aliphatic carbocycles. The maximum absolute atomic E-state index is 5.79. The molecule has 0 N–H and O–H groups in total. The zero-order valence-corrected chi connectivity index (χ0v) is 8.39. The van der Waals surface area contributed by atoms with Crippen molar-refractivity contribution in [2.75, 3.05) is 0 Å². The fraction of sp³-hybridized carbons (Fsp3) is 0.143. The summed E-state index contributed by atoms with van der Waals surface area (Å²) in [4.78, 5) is 0. The quantitative estimate of drug-likeness (QED) is 0.599. The molecule has 0 amide bonds. The summed E-state index contributed by atoms with van der Waals surface area (Å²) >= 11 is 14.8. The summed E-state index contributed by atoms with van der Waals surface area (Å²) in [7, 11) is 0. The van der Waals surface area contributed by atoms with E-state index in [-0.39, 0.29) is 0 Å². The Kier molecular flexibility index (Phi) is 2.61. The summed E-state index contributed by atoms with van der Waals surface area (Å²) in [5, 5.41) is 1.31. The van der Waals surface area contributed by atoms with Crippen LogP contribution in [-0.4, -0.2) is 0 Å². The molecule has 54 valence electrons. The molecule has 0 radical (unpaired) electrons. The van der Waals surface area contributed by atoms with Crippen molar-refractivity contribution in [2.45, 2.75) is 6.92 Å². The van der Waals surface area contributed by atoms with Crippen molar-refractivity contribution in [3.8, 4) is 0 Å². The topological polar surface area (TPSA) is 0 Å². The van der Waals surface area contributed by atoms with Crippen molar-refractivity contribution in [2.24, 2.45) is 0 Å². The highest BCUT2D eigenvalue weighted by Crippen LogP contribution is 2.30. The molecule has 0 unspecified atom stereocenters. The zero-order valence-electron chi connectivity index (χ0n) is 5.29. The van der Waals surface area contributed by atoms with Gasteiger partial charge in [0.15, 0.2) is 0 Å². The van der Waals surface area contributed by atoms with Crippen LogP contribution in [0.25, 0.3) is 0 Å². The predicted molar refractivity (Wildman–Crippen MR) is 48.9 cm³/mol. The monoisotopic (exact) mass is 238 g/mol. The summed E-state index contributed by atoms with van der Waals surface area (Å²) < 4.78 is 0.765. The fourth-order valence-corrected chi connectivity index (χ4v) is 1.51. The van der Waals surface area contributed by atoms with Crippen molar-refractivity contribution >= 4 is 39.1 Å². The standard InChI is InChI=1S/C7H5BrCl2/c1-4-2-5(9)7(8)6(10)3-4/h2-3H,1H3. The third-order valence-corrected chi connectivity index (χ3v) is 3.04. The van der Waals surface area contributed by atoms with Crippen LogP contribution in [0.15, 0.2) is 16.6 Å². The lowest BCUT2D eigenvalue weighted by atomic mass is 10.2. The summed E-state index contributed by atoms with van der Waals surface area (Å²) in [5.41, 5.74) is 1.07. The first-order valence-electron chi connectivity index (χ1n) is 2.72. The fourth-order valence-electron chi connectivity index (χ4n) is 0.682. The smallest absolute Gasteiger partial charge is 0.0565 e. The number of aryl methyl sites for hydroxylation is 1. The normalized spacial score (nSPS) is 10.0. The lowest BCUT2D eigenvalue weighted by molar-refractivity contribution is 1.46. The molecule has 0 heterocycles. The Morgan fingerprint density at radius 3 is 2.00 bits per heavy atom. The summed E-state index contributed by atoms with van der Waals surface area (Å²) in [5.74, 6) is 0. The van der Waals surface area contributed by atoms with Crippen LogP contribution >= 0.6 is 39.1 Å². The Balaban J connectivity index is 3.31. The number of benzene rings is 1. The molecule has 0 aliphatic rings. The van der Waals surface area contributed by atoms with Crippen LogP contribution in [0, 0.1) is 6.92 Å². The Bertz CT molecular complexity index is 235. The van der Waals surface area contributed by atoms with E-state index in [0.717, 1.165) is 10.0 Å². The maximum atomic E-state index is 5.79. The first kappa shape index (κ1) is 8.38. The molecule has 0 aromatic heterocycles. The van der Waals surface area contributed by atoms with E-state index >= 15 is 0 Å². The molecular formula is C7H5BrCl2. The van der Waals surface area contributed by atoms with Crippen LogP contribution in [0.4, 0.5) is 0 Å².